The van der Waals surface area contributed by atoms with Crippen LogP contribution in [0.2, 0.25) is 5.02 Å². The molecular weight excluding hydrogens is 308 g/mol. The standard InChI is InChI=1S/C15H11ClN2O4/c1-21-14(20)9-3-2-4-10(13(9)19)17-15-18-11-7-8(16)5-6-12(11)22-15/h2-7,19H,1H3,(H,17,18). The Morgan fingerprint density at radius 1 is 1.36 bits per heavy atom. The second-order valence-electron chi connectivity index (χ2n) is 4.45. The van der Waals surface area contributed by atoms with E-state index >= 15 is 0 Å². The Bertz CT molecular complexity index is 860. The molecule has 0 amide bonds. The SMILES string of the molecule is COC(=O)c1cccc(Nc2nc3cc(Cl)ccc3o2)c1O. The van der Waals surface area contributed by atoms with Crippen molar-refractivity contribution in [3.63, 3.8) is 0 Å². The van der Waals surface area contributed by atoms with Crippen LogP contribution in [0.5, 0.6) is 5.75 Å². The third-order valence-electron chi connectivity index (χ3n) is 3.03. The number of carbonyl (C=O) groups is 1. The van der Waals surface area contributed by atoms with E-state index in [1.807, 2.05) is 0 Å². The van der Waals surface area contributed by atoms with Gasteiger partial charge in [-0.1, -0.05) is 17.7 Å². The summed E-state index contributed by atoms with van der Waals surface area (Å²) in [6.45, 7) is 0. The van der Waals surface area contributed by atoms with Gasteiger partial charge in [0.25, 0.3) is 6.01 Å². The van der Waals surface area contributed by atoms with Crippen LogP contribution in [0.1, 0.15) is 10.4 Å². The van der Waals surface area contributed by atoms with Crippen LogP contribution in [0, 0.1) is 0 Å². The van der Waals surface area contributed by atoms with Crippen LogP contribution >= 0.6 is 11.6 Å². The monoisotopic (exact) mass is 318 g/mol. The number of nitrogens with one attached hydrogen (secondary N) is 1. The van der Waals surface area contributed by atoms with Crippen molar-refractivity contribution in [2.45, 2.75) is 0 Å². The second-order valence-corrected chi connectivity index (χ2v) is 4.89. The Hall–Kier alpha value is -2.73. The first kappa shape index (κ1) is 14.2. The van der Waals surface area contributed by atoms with Crippen molar-refractivity contribution in [1.82, 2.24) is 4.98 Å². The number of phenols is 1. The van der Waals surface area contributed by atoms with Gasteiger partial charge in [-0.05, 0) is 30.3 Å². The summed E-state index contributed by atoms with van der Waals surface area (Å²) in [4.78, 5) is 15.8. The number of hydrogen-bond acceptors (Lipinski definition) is 6. The van der Waals surface area contributed by atoms with Gasteiger partial charge in [-0.2, -0.15) is 4.98 Å². The van der Waals surface area contributed by atoms with Gasteiger partial charge < -0.3 is 19.6 Å². The van der Waals surface area contributed by atoms with Gasteiger partial charge in [0.2, 0.25) is 0 Å². The van der Waals surface area contributed by atoms with Crippen LogP contribution < -0.4 is 5.32 Å². The molecule has 0 aliphatic rings. The number of aromatic hydroxyl groups is 1. The Morgan fingerprint density at radius 2 is 2.18 bits per heavy atom. The number of ether oxygens (including phenoxy) is 1. The molecule has 2 N–H and O–H groups in total. The third-order valence-corrected chi connectivity index (χ3v) is 3.27. The fourth-order valence-corrected chi connectivity index (χ4v) is 2.15. The van der Waals surface area contributed by atoms with Gasteiger partial charge in [0.15, 0.2) is 11.3 Å². The molecule has 1 heterocycles. The van der Waals surface area contributed by atoms with Gasteiger partial charge in [0, 0.05) is 5.02 Å². The van der Waals surface area contributed by atoms with E-state index < -0.39 is 5.97 Å². The normalized spacial score (nSPS) is 10.6. The average molecular weight is 319 g/mol. The molecule has 1 aromatic heterocycles. The second kappa shape index (κ2) is 5.57. The van der Waals surface area contributed by atoms with E-state index in [2.05, 4.69) is 15.0 Å². The van der Waals surface area contributed by atoms with Crippen LogP contribution in [0.25, 0.3) is 11.1 Å². The molecule has 0 fully saturated rings. The molecule has 3 aromatic rings. The maximum absolute atomic E-state index is 11.6. The lowest BCUT2D eigenvalue weighted by atomic mass is 10.1. The number of nitrogens with zero attached hydrogens (tertiary/aromatic N) is 1. The maximum Gasteiger partial charge on any atom is 0.341 e. The zero-order valence-corrected chi connectivity index (χ0v) is 12.2. The van der Waals surface area contributed by atoms with E-state index in [1.54, 1.807) is 30.3 Å². The Kier molecular flexibility index (Phi) is 3.60. The summed E-state index contributed by atoms with van der Waals surface area (Å²) >= 11 is 5.89. The molecule has 6 nitrogen and oxygen atoms in total. The van der Waals surface area contributed by atoms with E-state index in [0.717, 1.165) is 0 Å². The zero-order chi connectivity index (χ0) is 15.7. The molecule has 0 aliphatic heterocycles. The molecule has 7 heteroatoms. The molecule has 0 spiro atoms. The van der Waals surface area contributed by atoms with Crippen molar-refractivity contribution in [2.75, 3.05) is 12.4 Å². The molecule has 0 unspecified atom stereocenters. The number of aromatic nitrogens is 1. The number of hydrogen-bond donors (Lipinski definition) is 2. The Morgan fingerprint density at radius 3 is 2.95 bits per heavy atom. The summed E-state index contributed by atoms with van der Waals surface area (Å²) in [6, 6.07) is 9.87. The number of fused-ring (bicyclic) bond motifs is 1. The predicted octanol–water partition coefficient (Wildman–Crippen LogP) is 3.72. The summed E-state index contributed by atoms with van der Waals surface area (Å²) in [6.07, 6.45) is 0. The number of benzene rings is 2. The van der Waals surface area contributed by atoms with Crippen molar-refractivity contribution in [1.29, 1.82) is 0 Å². The Balaban J connectivity index is 1.96. The van der Waals surface area contributed by atoms with E-state index in [9.17, 15) is 9.90 Å². The summed E-state index contributed by atoms with van der Waals surface area (Å²) in [5.74, 6) is -0.875. The lowest BCUT2D eigenvalue weighted by Gasteiger charge is -2.08. The highest BCUT2D eigenvalue weighted by atomic mass is 35.5. The minimum atomic E-state index is -0.634. The molecule has 22 heavy (non-hydrogen) atoms. The lowest BCUT2D eigenvalue weighted by Crippen LogP contribution is -2.03. The van der Waals surface area contributed by atoms with Gasteiger partial charge in [-0.3, -0.25) is 0 Å². The number of anilines is 2. The maximum atomic E-state index is 11.6. The molecule has 3 rings (SSSR count). The molecule has 0 aliphatic carbocycles. The number of halogens is 1. The molecule has 0 bridgehead atoms. The number of esters is 1. The number of phenolic OH excluding ortho intramolecular Hbond substituents is 1. The van der Waals surface area contributed by atoms with E-state index in [4.69, 9.17) is 16.0 Å². The molecule has 2 aromatic carbocycles. The number of para-hydroxylation sites is 1. The number of oxazole rings is 1. The van der Waals surface area contributed by atoms with Gasteiger partial charge in [-0.15, -0.1) is 0 Å². The third kappa shape index (κ3) is 2.56. The highest BCUT2D eigenvalue weighted by molar-refractivity contribution is 6.31. The molecule has 0 saturated heterocycles. The first-order chi connectivity index (χ1) is 10.6. The fourth-order valence-electron chi connectivity index (χ4n) is 1.99. The van der Waals surface area contributed by atoms with Gasteiger partial charge in [-0.25, -0.2) is 4.79 Å². The Labute approximate surface area is 130 Å². The lowest BCUT2D eigenvalue weighted by molar-refractivity contribution is 0.0597. The highest BCUT2D eigenvalue weighted by Gasteiger charge is 2.16. The van der Waals surface area contributed by atoms with Crippen molar-refractivity contribution in [3.8, 4) is 5.75 Å². The van der Waals surface area contributed by atoms with Crippen molar-refractivity contribution in [3.05, 3.63) is 47.0 Å². The van der Waals surface area contributed by atoms with Gasteiger partial charge in [0.05, 0.1) is 12.8 Å². The molecular formula is C15H11ClN2O4. The number of rotatable bonds is 3. The van der Waals surface area contributed by atoms with Gasteiger partial charge >= 0.3 is 5.97 Å². The smallest absolute Gasteiger partial charge is 0.341 e. The quantitative estimate of drug-likeness (QED) is 0.565. The number of carbonyl (C=O) groups excluding carboxylic acids is 1. The average Bonchev–Trinajstić information content (AvgIpc) is 2.90. The minimum absolute atomic E-state index is 0.0478. The first-order valence-corrected chi connectivity index (χ1v) is 6.69. The largest absolute Gasteiger partial charge is 0.505 e. The van der Waals surface area contributed by atoms with E-state index in [-0.39, 0.29) is 23.0 Å². The van der Waals surface area contributed by atoms with E-state index in [0.29, 0.717) is 16.1 Å². The van der Waals surface area contributed by atoms with Crippen molar-refractivity contribution in [2.24, 2.45) is 0 Å². The predicted molar refractivity (Wildman–Crippen MR) is 81.7 cm³/mol. The molecule has 0 atom stereocenters. The highest BCUT2D eigenvalue weighted by Crippen LogP contribution is 2.31. The zero-order valence-electron chi connectivity index (χ0n) is 11.5. The summed E-state index contributed by atoms with van der Waals surface area (Å²) < 4.78 is 10.1. The molecule has 0 saturated carbocycles. The summed E-state index contributed by atoms with van der Waals surface area (Å²) in [5, 5.41) is 13.5. The summed E-state index contributed by atoms with van der Waals surface area (Å²) in [5.41, 5.74) is 1.46. The van der Waals surface area contributed by atoms with Crippen LogP contribution in [0.15, 0.2) is 40.8 Å². The first-order valence-electron chi connectivity index (χ1n) is 6.32. The van der Waals surface area contributed by atoms with Crippen LogP contribution in [0.3, 0.4) is 0 Å². The topological polar surface area (TPSA) is 84.6 Å². The van der Waals surface area contributed by atoms with E-state index in [1.165, 1.54) is 13.2 Å². The molecule has 112 valence electrons. The minimum Gasteiger partial charge on any atom is -0.505 e. The van der Waals surface area contributed by atoms with Crippen molar-refractivity contribution < 1.29 is 19.1 Å². The van der Waals surface area contributed by atoms with Crippen LogP contribution in [-0.2, 0) is 4.74 Å². The molecule has 0 radical (unpaired) electrons. The fraction of sp³-hybridized carbons (Fsp3) is 0.0667. The van der Waals surface area contributed by atoms with Crippen molar-refractivity contribution >= 4 is 40.4 Å². The number of methoxy groups -OCH3 is 1. The summed E-state index contributed by atoms with van der Waals surface area (Å²) in [7, 11) is 1.24. The van der Waals surface area contributed by atoms with Gasteiger partial charge in [0.1, 0.15) is 11.1 Å². The van der Waals surface area contributed by atoms with Crippen LogP contribution in [0.4, 0.5) is 11.7 Å². The van der Waals surface area contributed by atoms with Crippen LogP contribution in [-0.4, -0.2) is 23.2 Å².